The summed E-state index contributed by atoms with van der Waals surface area (Å²) in [6, 6.07) is 5.36. The molecule has 0 atom stereocenters. The molecule has 3 heteroatoms. The predicted octanol–water partition coefficient (Wildman–Crippen LogP) is 3.19. The van der Waals surface area contributed by atoms with E-state index in [0.717, 1.165) is 16.0 Å². The maximum atomic E-state index is 13.6. The number of anilines is 1. The molecule has 13 heavy (non-hydrogen) atoms. The fraction of sp³-hybridized carbons (Fsp3) is 0.200. The van der Waals surface area contributed by atoms with E-state index >= 15 is 0 Å². The Kier molecular flexibility index (Phi) is 1.96. The van der Waals surface area contributed by atoms with E-state index < -0.39 is 0 Å². The van der Waals surface area contributed by atoms with Gasteiger partial charge in [0.2, 0.25) is 0 Å². The van der Waals surface area contributed by atoms with Crippen LogP contribution in [0.2, 0.25) is 0 Å². The largest absolute Gasteiger partial charge is 0.398 e. The molecule has 0 amide bonds. The second kappa shape index (κ2) is 3.00. The third-order valence-corrected chi connectivity index (χ3v) is 3.45. The molecule has 0 radical (unpaired) electrons. The predicted molar refractivity (Wildman–Crippen MR) is 55.6 cm³/mol. The first kappa shape index (κ1) is 8.51. The molecule has 0 saturated carbocycles. The van der Waals surface area contributed by atoms with Gasteiger partial charge in [0.05, 0.1) is 4.70 Å². The number of nitrogens with two attached hydrogens (primary N) is 1. The van der Waals surface area contributed by atoms with Crippen molar-refractivity contribution in [3.8, 4) is 0 Å². The molecule has 0 aliphatic carbocycles. The van der Waals surface area contributed by atoms with Crippen LogP contribution in [0.15, 0.2) is 18.2 Å². The average molecular weight is 195 g/mol. The number of hydrogen-bond donors (Lipinski definition) is 1. The molecule has 0 bridgehead atoms. The number of nitrogen functional groups attached to an aromatic ring is 1. The quantitative estimate of drug-likeness (QED) is 0.695. The molecule has 0 fully saturated rings. The van der Waals surface area contributed by atoms with Crippen molar-refractivity contribution in [2.75, 3.05) is 5.73 Å². The molecule has 68 valence electrons. The van der Waals surface area contributed by atoms with Gasteiger partial charge in [-0.05, 0) is 12.5 Å². The first-order valence-corrected chi connectivity index (χ1v) is 5.01. The first-order chi connectivity index (χ1) is 6.24. The normalized spacial score (nSPS) is 10.9. The summed E-state index contributed by atoms with van der Waals surface area (Å²) < 4.78 is 14.4. The van der Waals surface area contributed by atoms with Crippen molar-refractivity contribution < 1.29 is 4.39 Å². The highest BCUT2D eigenvalue weighted by molar-refractivity contribution is 7.19. The van der Waals surface area contributed by atoms with Crippen molar-refractivity contribution in [2.45, 2.75) is 13.3 Å². The molecule has 2 rings (SSSR count). The summed E-state index contributed by atoms with van der Waals surface area (Å²) in [7, 11) is 0. The smallest absolute Gasteiger partial charge is 0.144 e. The van der Waals surface area contributed by atoms with Gasteiger partial charge in [0.25, 0.3) is 0 Å². The van der Waals surface area contributed by atoms with E-state index in [4.69, 9.17) is 5.73 Å². The third kappa shape index (κ3) is 1.20. The lowest BCUT2D eigenvalue weighted by Crippen LogP contribution is -1.82. The number of aryl methyl sites for hydroxylation is 1. The van der Waals surface area contributed by atoms with Gasteiger partial charge in [-0.2, -0.15) is 0 Å². The lowest BCUT2D eigenvalue weighted by molar-refractivity contribution is 0.631. The van der Waals surface area contributed by atoms with Crippen LogP contribution in [0.1, 0.15) is 11.8 Å². The SMILES string of the molecule is CCc1sc2c(N)cccc2c1F. The summed E-state index contributed by atoms with van der Waals surface area (Å²) >= 11 is 1.45. The maximum absolute atomic E-state index is 13.6. The minimum absolute atomic E-state index is 0.102. The highest BCUT2D eigenvalue weighted by atomic mass is 32.1. The van der Waals surface area contributed by atoms with Crippen LogP contribution in [0, 0.1) is 5.82 Å². The zero-order valence-electron chi connectivity index (χ0n) is 7.30. The number of fused-ring (bicyclic) bond motifs is 1. The van der Waals surface area contributed by atoms with Gasteiger partial charge in [0.15, 0.2) is 0 Å². The Morgan fingerprint density at radius 2 is 2.23 bits per heavy atom. The number of hydrogen-bond acceptors (Lipinski definition) is 2. The molecule has 0 aliphatic rings. The second-order valence-electron chi connectivity index (χ2n) is 2.92. The Balaban J connectivity index is 2.83. The number of halogens is 1. The Bertz CT molecular complexity index is 447. The van der Waals surface area contributed by atoms with Gasteiger partial charge in [-0.3, -0.25) is 0 Å². The highest BCUT2D eigenvalue weighted by Gasteiger charge is 2.11. The Morgan fingerprint density at radius 3 is 2.85 bits per heavy atom. The number of benzene rings is 1. The van der Waals surface area contributed by atoms with Crippen molar-refractivity contribution in [3.05, 3.63) is 28.9 Å². The topological polar surface area (TPSA) is 26.0 Å². The summed E-state index contributed by atoms with van der Waals surface area (Å²) in [5, 5.41) is 0.654. The molecule has 1 aromatic carbocycles. The number of rotatable bonds is 1. The molecule has 0 spiro atoms. The van der Waals surface area contributed by atoms with E-state index in [1.807, 2.05) is 6.92 Å². The molecule has 0 aliphatic heterocycles. The van der Waals surface area contributed by atoms with E-state index in [2.05, 4.69) is 0 Å². The van der Waals surface area contributed by atoms with E-state index in [0.29, 0.717) is 11.1 Å². The molecule has 0 saturated heterocycles. The van der Waals surface area contributed by atoms with Crippen molar-refractivity contribution in [3.63, 3.8) is 0 Å². The van der Waals surface area contributed by atoms with Crippen LogP contribution in [-0.4, -0.2) is 0 Å². The molecular weight excluding hydrogens is 185 g/mol. The van der Waals surface area contributed by atoms with Crippen molar-refractivity contribution in [1.82, 2.24) is 0 Å². The molecule has 2 N–H and O–H groups in total. The van der Waals surface area contributed by atoms with Crippen molar-refractivity contribution in [1.29, 1.82) is 0 Å². The summed E-state index contributed by atoms with van der Waals surface area (Å²) in [4.78, 5) is 0.785. The summed E-state index contributed by atoms with van der Waals surface area (Å²) in [6.45, 7) is 1.95. The minimum atomic E-state index is -0.102. The number of thiophene rings is 1. The van der Waals surface area contributed by atoms with Crippen LogP contribution in [0.4, 0.5) is 10.1 Å². The van der Waals surface area contributed by atoms with Gasteiger partial charge in [-0.15, -0.1) is 11.3 Å². The van der Waals surface area contributed by atoms with Gasteiger partial charge in [-0.1, -0.05) is 19.1 Å². The lowest BCUT2D eigenvalue weighted by atomic mass is 10.2. The standard InChI is InChI=1S/C10H10FNS/c1-2-8-9(11)6-4-3-5-7(12)10(6)13-8/h3-5H,2,12H2,1H3. The molecule has 1 aromatic heterocycles. The van der Waals surface area contributed by atoms with Crippen LogP contribution in [0.5, 0.6) is 0 Å². The van der Waals surface area contributed by atoms with Crippen molar-refractivity contribution in [2.24, 2.45) is 0 Å². The van der Waals surface area contributed by atoms with E-state index in [9.17, 15) is 4.39 Å². The van der Waals surface area contributed by atoms with Crippen LogP contribution in [-0.2, 0) is 6.42 Å². The average Bonchev–Trinajstić information content (AvgIpc) is 2.45. The summed E-state index contributed by atoms with van der Waals surface area (Å²) in [6.07, 6.45) is 0.727. The molecule has 1 heterocycles. The minimum Gasteiger partial charge on any atom is -0.398 e. The van der Waals surface area contributed by atoms with Gasteiger partial charge in [0.1, 0.15) is 5.82 Å². The van der Waals surface area contributed by atoms with Gasteiger partial charge >= 0.3 is 0 Å². The zero-order chi connectivity index (χ0) is 9.42. The Hall–Kier alpha value is -1.09. The summed E-state index contributed by atoms with van der Waals surface area (Å²) in [5.41, 5.74) is 6.40. The van der Waals surface area contributed by atoms with E-state index in [-0.39, 0.29) is 5.82 Å². The van der Waals surface area contributed by atoms with Crippen molar-refractivity contribution >= 4 is 27.1 Å². The second-order valence-corrected chi connectivity index (χ2v) is 4.02. The summed E-state index contributed by atoms with van der Waals surface area (Å²) in [5.74, 6) is -0.102. The monoisotopic (exact) mass is 195 g/mol. The Morgan fingerprint density at radius 1 is 1.46 bits per heavy atom. The maximum Gasteiger partial charge on any atom is 0.144 e. The molecular formula is C10H10FNS. The van der Waals surface area contributed by atoms with Crippen LogP contribution < -0.4 is 5.73 Å². The van der Waals surface area contributed by atoms with Gasteiger partial charge < -0.3 is 5.73 Å². The fourth-order valence-electron chi connectivity index (χ4n) is 1.39. The van der Waals surface area contributed by atoms with E-state index in [1.54, 1.807) is 18.2 Å². The van der Waals surface area contributed by atoms with Crippen LogP contribution in [0.25, 0.3) is 10.1 Å². The fourth-order valence-corrected chi connectivity index (χ4v) is 2.43. The molecule has 0 unspecified atom stereocenters. The first-order valence-electron chi connectivity index (χ1n) is 4.19. The van der Waals surface area contributed by atoms with Crippen LogP contribution >= 0.6 is 11.3 Å². The lowest BCUT2D eigenvalue weighted by Gasteiger charge is -1.92. The Labute approximate surface area is 80.0 Å². The highest BCUT2D eigenvalue weighted by Crippen LogP contribution is 2.33. The molecule has 1 nitrogen and oxygen atoms in total. The van der Waals surface area contributed by atoms with E-state index in [1.165, 1.54) is 11.3 Å². The van der Waals surface area contributed by atoms with Gasteiger partial charge in [0, 0.05) is 16.0 Å². The molecule has 2 aromatic rings. The third-order valence-electron chi connectivity index (χ3n) is 2.07. The zero-order valence-corrected chi connectivity index (χ0v) is 8.12. The van der Waals surface area contributed by atoms with Gasteiger partial charge in [-0.25, -0.2) is 4.39 Å². The van der Waals surface area contributed by atoms with Crippen LogP contribution in [0.3, 0.4) is 0 Å².